The molecule has 0 spiro atoms. The standard InChI is InChI=1S/C15H22N2O/c1-4-14(11-16)18-15-9-7-13(8-10-15)6-5-12(2)17-3/h7-10,12,14,17H,4-6H2,1-3H3. The van der Waals surface area contributed by atoms with Crippen molar-refractivity contribution in [1.29, 1.82) is 5.26 Å². The molecule has 1 aromatic carbocycles. The molecule has 1 aromatic rings. The van der Waals surface area contributed by atoms with Gasteiger partial charge in [-0.25, -0.2) is 0 Å². The van der Waals surface area contributed by atoms with Crippen LogP contribution < -0.4 is 10.1 Å². The van der Waals surface area contributed by atoms with Crippen LogP contribution in [0.25, 0.3) is 0 Å². The highest BCUT2D eigenvalue weighted by molar-refractivity contribution is 5.28. The molecule has 0 amide bonds. The minimum atomic E-state index is -0.347. The van der Waals surface area contributed by atoms with Gasteiger partial charge in [-0.3, -0.25) is 0 Å². The van der Waals surface area contributed by atoms with Gasteiger partial charge < -0.3 is 10.1 Å². The third kappa shape index (κ3) is 4.77. The fourth-order valence-corrected chi connectivity index (χ4v) is 1.63. The first kappa shape index (κ1) is 14.5. The van der Waals surface area contributed by atoms with E-state index in [-0.39, 0.29) is 6.10 Å². The Labute approximate surface area is 110 Å². The van der Waals surface area contributed by atoms with Crippen molar-refractivity contribution in [2.75, 3.05) is 7.05 Å². The monoisotopic (exact) mass is 246 g/mol. The van der Waals surface area contributed by atoms with Crippen molar-refractivity contribution in [3.63, 3.8) is 0 Å². The predicted octanol–water partition coefficient (Wildman–Crippen LogP) is 2.91. The zero-order valence-corrected chi connectivity index (χ0v) is 11.4. The normalized spacial score (nSPS) is 13.7. The quantitative estimate of drug-likeness (QED) is 0.804. The molecule has 1 N–H and O–H groups in total. The molecule has 0 saturated heterocycles. The van der Waals surface area contributed by atoms with Crippen molar-refractivity contribution in [2.24, 2.45) is 0 Å². The molecule has 0 aliphatic heterocycles. The van der Waals surface area contributed by atoms with Crippen LogP contribution in [0.3, 0.4) is 0 Å². The number of nitrogens with one attached hydrogen (secondary N) is 1. The minimum Gasteiger partial charge on any atom is -0.476 e. The lowest BCUT2D eigenvalue weighted by molar-refractivity contribution is 0.252. The van der Waals surface area contributed by atoms with E-state index in [2.05, 4.69) is 30.4 Å². The van der Waals surface area contributed by atoms with Crippen LogP contribution in [0.2, 0.25) is 0 Å². The summed E-state index contributed by atoms with van der Waals surface area (Å²) >= 11 is 0. The molecular formula is C15H22N2O. The summed E-state index contributed by atoms with van der Waals surface area (Å²) < 4.78 is 5.54. The van der Waals surface area contributed by atoms with Gasteiger partial charge in [0.25, 0.3) is 0 Å². The average Bonchev–Trinajstić information content (AvgIpc) is 2.43. The van der Waals surface area contributed by atoms with Crippen LogP contribution in [0.4, 0.5) is 0 Å². The zero-order valence-electron chi connectivity index (χ0n) is 11.4. The first-order valence-electron chi connectivity index (χ1n) is 6.52. The number of nitriles is 1. The van der Waals surface area contributed by atoms with E-state index < -0.39 is 0 Å². The third-order valence-corrected chi connectivity index (χ3v) is 3.08. The number of hydrogen-bond donors (Lipinski definition) is 1. The van der Waals surface area contributed by atoms with E-state index in [1.807, 2.05) is 26.1 Å². The van der Waals surface area contributed by atoms with Crippen molar-refractivity contribution >= 4 is 0 Å². The van der Waals surface area contributed by atoms with Gasteiger partial charge in [0, 0.05) is 6.04 Å². The van der Waals surface area contributed by atoms with Gasteiger partial charge in [0.1, 0.15) is 11.8 Å². The van der Waals surface area contributed by atoms with E-state index in [0.29, 0.717) is 12.5 Å². The molecular weight excluding hydrogens is 224 g/mol. The topological polar surface area (TPSA) is 45.0 Å². The highest BCUT2D eigenvalue weighted by Gasteiger charge is 2.06. The molecule has 98 valence electrons. The number of nitrogens with zero attached hydrogens (tertiary/aromatic N) is 1. The van der Waals surface area contributed by atoms with Crippen LogP contribution in [0.1, 0.15) is 32.3 Å². The van der Waals surface area contributed by atoms with Crippen LogP contribution in [-0.4, -0.2) is 19.2 Å². The van der Waals surface area contributed by atoms with Crippen LogP contribution in [-0.2, 0) is 6.42 Å². The van der Waals surface area contributed by atoms with Gasteiger partial charge in [0.15, 0.2) is 6.10 Å². The molecule has 1 rings (SSSR count). The summed E-state index contributed by atoms with van der Waals surface area (Å²) in [6.07, 6.45) is 2.53. The fourth-order valence-electron chi connectivity index (χ4n) is 1.63. The predicted molar refractivity (Wildman–Crippen MR) is 73.6 cm³/mol. The largest absolute Gasteiger partial charge is 0.476 e. The summed E-state index contributed by atoms with van der Waals surface area (Å²) in [5, 5.41) is 12.1. The number of rotatable bonds is 7. The van der Waals surface area contributed by atoms with E-state index in [1.54, 1.807) is 0 Å². The van der Waals surface area contributed by atoms with Gasteiger partial charge in [-0.2, -0.15) is 5.26 Å². The number of aryl methyl sites for hydroxylation is 1. The maximum absolute atomic E-state index is 8.83. The molecule has 0 fully saturated rings. The fraction of sp³-hybridized carbons (Fsp3) is 0.533. The lowest BCUT2D eigenvalue weighted by atomic mass is 10.1. The Morgan fingerprint density at radius 2 is 2.00 bits per heavy atom. The summed E-state index contributed by atoms with van der Waals surface area (Å²) in [5.74, 6) is 0.772. The molecule has 3 nitrogen and oxygen atoms in total. The van der Waals surface area contributed by atoms with Gasteiger partial charge in [-0.15, -0.1) is 0 Å². The van der Waals surface area contributed by atoms with Gasteiger partial charge >= 0.3 is 0 Å². The van der Waals surface area contributed by atoms with Gasteiger partial charge in [-0.05, 0) is 50.9 Å². The zero-order chi connectivity index (χ0) is 13.4. The molecule has 0 aliphatic rings. The van der Waals surface area contributed by atoms with Crippen molar-refractivity contribution in [3.8, 4) is 11.8 Å². The first-order valence-corrected chi connectivity index (χ1v) is 6.52. The van der Waals surface area contributed by atoms with Crippen LogP contribution in [0.5, 0.6) is 5.75 Å². The minimum absolute atomic E-state index is 0.347. The lowest BCUT2D eigenvalue weighted by Crippen LogP contribution is -2.21. The molecule has 3 heteroatoms. The van der Waals surface area contributed by atoms with Gasteiger partial charge in [-0.1, -0.05) is 19.1 Å². The number of ether oxygens (including phenoxy) is 1. The van der Waals surface area contributed by atoms with Crippen molar-refractivity contribution in [1.82, 2.24) is 5.32 Å². The molecule has 0 saturated carbocycles. The van der Waals surface area contributed by atoms with Crippen LogP contribution in [0.15, 0.2) is 24.3 Å². The Morgan fingerprint density at radius 3 is 2.50 bits per heavy atom. The molecule has 0 radical (unpaired) electrons. The Balaban J connectivity index is 2.50. The van der Waals surface area contributed by atoms with E-state index in [9.17, 15) is 0 Å². The van der Waals surface area contributed by atoms with Crippen LogP contribution in [0, 0.1) is 11.3 Å². The first-order chi connectivity index (χ1) is 8.69. The molecule has 2 atom stereocenters. The van der Waals surface area contributed by atoms with E-state index in [0.717, 1.165) is 18.6 Å². The summed E-state index contributed by atoms with van der Waals surface area (Å²) in [5.41, 5.74) is 1.30. The van der Waals surface area contributed by atoms with Crippen molar-refractivity contribution in [3.05, 3.63) is 29.8 Å². The maximum atomic E-state index is 8.83. The Hall–Kier alpha value is -1.53. The molecule has 0 aliphatic carbocycles. The van der Waals surface area contributed by atoms with E-state index in [1.165, 1.54) is 5.56 Å². The third-order valence-electron chi connectivity index (χ3n) is 3.08. The molecule has 0 heterocycles. The van der Waals surface area contributed by atoms with Crippen molar-refractivity contribution in [2.45, 2.75) is 45.3 Å². The second-order valence-electron chi connectivity index (χ2n) is 4.52. The summed E-state index contributed by atoms with van der Waals surface area (Å²) in [6, 6.07) is 10.7. The molecule has 18 heavy (non-hydrogen) atoms. The smallest absolute Gasteiger partial charge is 0.184 e. The Morgan fingerprint density at radius 1 is 1.33 bits per heavy atom. The number of hydrogen-bond acceptors (Lipinski definition) is 3. The summed E-state index contributed by atoms with van der Waals surface area (Å²) in [7, 11) is 1.98. The van der Waals surface area contributed by atoms with E-state index >= 15 is 0 Å². The molecule has 0 bridgehead atoms. The van der Waals surface area contributed by atoms with Crippen molar-refractivity contribution < 1.29 is 4.74 Å². The highest BCUT2D eigenvalue weighted by Crippen LogP contribution is 2.16. The number of benzene rings is 1. The maximum Gasteiger partial charge on any atom is 0.184 e. The van der Waals surface area contributed by atoms with Crippen LogP contribution >= 0.6 is 0 Å². The second kappa shape index (κ2) is 7.73. The Kier molecular flexibility index (Phi) is 6.24. The lowest BCUT2D eigenvalue weighted by Gasteiger charge is -2.12. The summed E-state index contributed by atoms with van der Waals surface area (Å²) in [4.78, 5) is 0. The summed E-state index contributed by atoms with van der Waals surface area (Å²) in [6.45, 7) is 4.12. The second-order valence-corrected chi connectivity index (χ2v) is 4.52. The van der Waals surface area contributed by atoms with Gasteiger partial charge in [0.05, 0.1) is 0 Å². The SMILES string of the molecule is CCC(C#N)Oc1ccc(CCC(C)NC)cc1. The highest BCUT2D eigenvalue weighted by atomic mass is 16.5. The molecule has 2 unspecified atom stereocenters. The Bertz CT molecular complexity index is 380. The van der Waals surface area contributed by atoms with Gasteiger partial charge in [0.2, 0.25) is 0 Å². The molecule has 0 aromatic heterocycles. The average molecular weight is 246 g/mol. The van der Waals surface area contributed by atoms with E-state index in [4.69, 9.17) is 10.00 Å².